The van der Waals surface area contributed by atoms with E-state index < -0.39 is 17.6 Å². The lowest BCUT2D eigenvalue weighted by atomic mass is 10.0. The van der Waals surface area contributed by atoms with Crippen LogP contribution in [0.1, 0.15) is 35.1 Å². The predicted octanol–water partition coefficient (Wildman–Crippen LogP) is 4.05. The number of hydrogen-bond acceptors (Lipinski definition) is 3. The third-order valence-corrected chi connectivity index (χ3v) is 5.43. The van der Waals surface area contributed by atoms with E-state index >= 15 is 0 Å². The Labute approximate surface area is 184 Å². The zero-order valence-electron chi connectivity index (χ0n) is 17.7. The molecule has 5 nitrogen and oxygen atoms in total. The third-order valence-electron chi connectivity index (χ3n) is 5.43. The van der Waals surface area contributed by atoms with Crippen molar-refractivity contribution in [2.75, 3.05) is 20.1 Å². The fraction of sp³-hybridized carbons (Fsp3) is 0.391. The molecule has 0 saturated carbocycles. The Morgan fingerprint density at radius 2 is 1.94 bits per heavy atom. The Hall–Kier alpha value is -3.12. The average Bonchev–Trinajstić information content (AvgIpc) is 2.78. The van der Waals surface area contributed by atoms with E-state index in [9.17, 15) is 17.6 Å². The standard InChI is InChI=1S/C23H25F4N5/c1-29-22(30-14-18-11-16(13-28)5-6-21(18)24)31-20-7-9-32(10-8-20)15-17-3-2-4-19(12-17)23(25,26)27/h2-6,11-12,20H,7-10,14-15H2,1H3,(H2,29,30,31). The van der Waals surface area contributed by atoms with E-state index in [1.807, 2.05) is 6.07 Å². The Kier molecular flexibility index (Phi) is 7.70. The summed E-state index contributed by atoms with van der Waals surface area (Å²) in [5.41, 5.74) is 0.783. The zero-order valence-corrected chi connectivity index (χ0v) is 17.7. The number of rotatable bonds is 5. The number of aliphatic imine (C=N–C) groups is 1. The number of likely N-dealkylation sites (tertiary alicyclic amines) is 1. The molecule has 2 aromatic rings. The van der Waals surface area contributed by atoms with Gasteiger partial charge in [-0.05, 0) is 42.7 Å². The zero-order chi connectivity index (χ0) is 23.1. The molecule has 0 aliphatic carbocycles. The van der Waals surface area contributed by atoms with Gasteiger partial charge in [0.15, 0.2) is 5.96 Å². The van der Waals surface area contributed by atoms with Crippen LogP contribution in [-0.4, -0.2) is 37.0 Å². The maximum atomic E-state index is 14.0. The minimum Gasteiger partial charge on any atom is -0.354 e. The second kappa shape index (κ2) is 10.5. The van der Waals surface area contributed by atoms with Crippen molar-refractivity contribution in [3.63, 3.8) is 0 Å². The van der Waals surface area contributed by atoms with Gasteiger partial charge in [-0.2, -0.15) is 18.4 Å². The molecule has 2 N–H and O–H groups in total. The van der Waals surface area contributed by atoms with Gasteiger partial charge in [0.25, 0.3) is 0 Å². The van der Waals surface area contributed by atoms with E-state index in [0.29, 0.717) is 29.2 Å². The molecule has 1 aliphatic heterocycles. The van der Waals surface area contributed by atoms with Gasteiger partial charge in [0.2, 0.25) is 0 Å². The minimum atomic E-state index is -4.34. The lowest BCUT2D eigenvalue weighted by Gasteiger charge is -2.33. The second-order valence-corrected chi connectivity index (χ2v) is 7.74. The summed E-state index contributed by atoms with van der Waals surface area (Å²) in [6.45, 7) is 2.14. The molecule has 170 valence electrons. The van der Waals surface area contributed by atoms with Crippen molar-refractivity contribution in [2.24, 2.45) is 4.99 Å². The smallest absolute Gasteiger partial charge is 0.354 e. The summed E-state index contributed by atoms with van der Waals surface area (Å²) < 4.78 is 52.7. The Morgan fingerprint density at radius 3 is 2.59 bits per heavy atom. The SMILES string of the molecule is CN=C(NCc1cc(C#N)ccc1F)NC1CCN(Cc2cccc(C(F)(F)F)c2)CC1. The van der Waals surface area contributed by atoms with Gasteiger partial charge >= 0.3 is 6.18 Å². The monoisotopic (exact) mass is 447 g/mol. The van der Waals surface area contributed by atoms with Gasteiger partial charge in [-0.3, -0.25) is 9.89 Å². The van der Waals surface area contributed by atoms with Crippen LogP contribution >= 0.6 is 0 Å². The molecule has 0 atom stereocenters. The van der Waals surface area contributed by atoms with Crippen LogP contribution in [0.2, 0.25) is 0 Å². The van der Waals surface area contributed by atoms with Crippen molar-refractivity contribution in [1.29, 1.82) is 5.26 Å². The topological polar surface area (TPSA) is 63.5 Å². The molecule has 0 spiro atoms. The van der Waals surface area contributed by atoms with E-state index in [0.717, 1.165) is 32.0 Å². The normalized spacial score (nSPS) is 15.9. The number of guanidine groups is 1. The van der Waals surface area contributed by atoms with Crippen LogP contribution in [0, 0.1) is 17.1 Å². The van der Waals surface area contributed by atoms with Crippen LogP contribution in [0.15, 0.2) is 47.5 Å². The first-order valence-corrected chi connectivity index (χ1v) is 10.3. The molecule has 9 heteroatoms. The lowest BCUT2D eigenvalue weighted by Crippen LogP contribution is -2.48. The van der Waals surface area contributed by atoms with Crippen molar-refractivity contribution in [2.45, 2.75) is 38.1 Å². The maximum Gasteiger partial charge on any atom is 0.416 e. The molecule has 0 radical (unpaired) electrons. The molecule has 0 bridgehead atoms. The van der Waals surface area contributed by atoms with Crippen LogP contribution in [-0.2, 0) is 19.3 Å². The molecule has 1 fully saturated rings. The van der Waals surface area contributed by atoms with Gasteiger partial charge in [0, 0.05) is 44.8 Å². The van der Waals surface area contributed by atoms with Gasteiger partial charge in [0.05, 0.1) is 17.2 Å². The van der Waals surface area contributed by atoms with Gasteiger partial charge < -0.3 is 10.6 Å². The highest BCUT2D eigenvalue weighted by Gasteiger charge is 2.30. The van der Waals surface area contributed by atoms with E-state index in [2.05, 4.69) is 20.5 Å². The van der Waals surface area contributed by atoms with Crippen molar-refractivity contribution < 1.29 is 17.6 Å². The summed E-state index contributed by atoms with van der Waals surface area (Å²) in [5.74, 6) is 0.137. The van der Waals surface area contributed by atoms with Crippen LogP contribution in [0.25, 0.3) is 0 Å². The molecule has 0 amide bonds. The van der Waals surface area contributed by atoms with E-state index in [-0.39, 0.29) is 12.6 Å². The number of piperidine rings is 1. The molecule has 1 aliphatic rings. The molecular formula is C23H25F4N5. The minimum absolute atomic E-state index is 0.147. The molecule has 0 aromatic heterocycles. The number of nitrogens with zero attached hydrogens (tertiary/aromatic N) is 3. The van der Waals surface area contributed by atoms with E-state index in [1.54, 1.807) is 13.1 Å². The van der Waals surface area contributed by atoms with E-state index in [1.165, 1.54) is 30.3 Å². The first-order valence-electron chi connectivity index (χ1n) is 10.3. The summed E-state index contributed by atoms with van der Waals surface area (Å²) in [5, 5.41) is 15.4. The largest absolute Gasteiger partial charge is 0.416 e. The Balaban J connectivity index is 1.48. The van der Waals surface area contributed by atoms with Gasteiger partial charge in [-0.15, -0.1) is 0 Å². The fourth-order valence-electron chi connectivity index (χ4n) is 3.69. The first kappa shape index (κ1) is 23.5. The second-order valence-electron chi connectivity index (χ2n) is 7.74. The van der Waals surface area contributed by atoms with Gasteiger partial charge in [-0.1, -0.05) is 18.2 Å². The molecule has 0 unspecified atom stereocenters. The van der Waals surface area contributed by atoms with E-state index in [4.69, 9.17) is 5.26 Å². The number of benzene rings is 2. The number of nitrogens with one attached hydrogen (secondary N) is 2. The highest BCUT2D eigenvalue weighted by molar-refractivity contribution is 5.80. The molecule has 32 heavy (non-hydrogen) atoms. The maximum absolute atomic E-state index is 14.0. The summed E-state index contributed by atoms with van der Waals surface area (Å²) in [6.07, 6.45) is -2.73. The fourth-order valence-corrected chi connectivity index (χ4v) is 3.69. The number of hydrogen-bond donors (Lipinski definition) is 2. The number of nitriles is 1. The van der Waals surface area contributed by atoms with Crippen molar-refractivity contribution in [1.82, 2.24) is 15.5 Å². The average molecular weight is 447 g/mol. The molecule has 2 aromatic carbocycles. The molecule has 1 saturated heterocycles. The summed E-state index contributed by atoms with van der Waals surface area (Å²) in [6, 6.07) is 11.8. The van der Waals surface area contributed by atoms with Gasteiger partial charge in [-0.25, -0.2) is 4.39 Å². The highest BCUT2D eigenvalue weighted by atomic mass is 19.4. The quantitative estimate of drug-likeness (QED) is 0.413. The lowest BCUT2D eigenvalue weighted by molar-refractivity contribution is -0.137. The first-order chi connectivity index (χ1) is 15.3. The van der Waals surface area contributed by atoms with Crippen molar-refractivity contribution >= 4 is 5.96 Å². The predicted molar refractivity (Wildman–Crippen MR) is 114 cm³/mol. The summed E-state index contributed by atoms with van der Waals surface area (Å²) >= 11 is 0. The highest BCUT2D eigenvalue weighted by Crippen LogP contribution is 2.30. The van der Waals surface area contributed by atoms with Crippen LogP contribution < -0.4 is 10.6 Å². The third kappa shape index (κ3) is 6.44. The number of halogens is 4. The summed E-state index contributed by atoms with van der Waals surface area (Å²) in [7, 11) is 1.63. The summed E-state index contributed by atoms with van der Waals surface area (Å²) in [4.78, 5) is 6.31. The van der Waals surface area contributed by atoms with Crippen LogP contribution in [0.4, 0.5) is 17.6 Å². The number of alkyl halides is 3. The van der Waals surface area contributed by atoms with Crippen LogP contribution in [0.3, 0.4) is 0 Å². The van der Waals surface area contributed by atoms with Gasteiger partial charge in [0.1, 0.15) is 5.82 Å². The Bertz CT molecular complexity index is 989. The molecule has 3 rings (SSSR count). The van der Waals surface area contributed by atoms with Crippen molar-refractivity contribution in [3.05, 3.63) is 70.5 Å². The molecule has 1 heterocycles. The molecular weight excluding hydrogens is 422 g/mol. The van der Waals surface area contributed by atoms with Crippen LogP contribution in [0.5, 0.6) is 0 Å². The van der Waals surface area contributed by atoms with Crippen molar-refractivity contribution in [3.8, 4) is 6.07 Å². The Morgan fingerprint density at radius 1 is 1.19 bits per heavy atom.